The van der Waals surface area contributed by atoms with E-state index in [0.29, 0.717) is 32.8 Å². The van der Waals surface area contributed by atoms with Crippen LogP contribution in [-0.2, 0) is 4.79 Å². The summed E-state index contributed by atoms with van der Waals surface area (Å²) in [6.07, 6.45) is 0.234. The van der Waals surface area contributed by atoms with E-state index in [2.05, 4.69) is 11.4 Å². The summed E-state index contributed by atoms with van der Waals surface area (Å²) in [5.41, 5.74) is 6.58. The third-order valence-electron chi connectivity index (χ3n) is 5.85. The molecule has 0 aliphatic heterocycles. The number of thioether (sulfide) groups is 1. The van der Waals surface area contributed by atoms with Crippen molar-refractivity contribution in [2.24, 2.45) is 0 Å². The van der Waals surface area contributed by atoms with E-state index in [4.69, 9.17) is 21.3 Å². The van der Waals surface area contributed by atoms with Crippen molar-refractivity contribution in [3.05, 3.63) is 94.5 Å². The number of halogens is 1. The topological polar surface area (TPSA) is 75.0 Å². The molecule has 3 aromatic carbocycles. The Morgan fingerprint density at radius 1 is 1.05 bits per heavy atom. The number of aryl methyl sites for hydroxylation is 2. The summed E-state index contributed by atoms with van der Waals surface area (Å²) in [6, 6.07) is 25.8. The zero-order chi connectivity index (χ0) is 26.4. The number of nitriles is 1. The molecule has 4 aromatic rings. The Labute approximate surface area is 226 Å². The highest BCUT2D eigenvalue weighted by Crippen LogP contribution is 2.35. The molecule has 0 bridgehead atoms. The first-order valence-corrected chi connectivity index (χ1v) is 13.1. The van der Waals surface area contributed by atoms with Crippen LogP contribution in [0.2, 0.25) is 5.02 Å². The van der Waals surface area contributed by atoms with Crippen molar-refractivity contribution in [3.8, 4) is 34.2 Å². The molecule has 7 heteroatoms. The van der Waals surface area contributed by atoms with Crippen LogP contribution in [0.5, 0.6) is 5.75 Å². The third kappa shape index (κ3) is 6.32. The van der Waals surface area contributed by atoms with Gasteiger partial charge in [-0.15, -0.1) is 11.8 Å². The van der Waals surface area contributed by atoms with Crippen molar-refractivity contribution in [2.75, 3.05) is 18.2 Å². The quantitative estimate of drug-likeness (QED) is 0.238. The average Bonchev–Trinajstić information content (AvgIpc) is 2.91. The number of amides is 1. The minimum atomic E-state index is -0.163. The SMILES string of the molecule is COc1cc(Cl)c(C)cc1NC(=O)CCSc1nc(-c2ccccc2)cc(-c2ccc(C)cc2)c1C#N. The Morgan fingerprint density at radius 2 is 1.78 bits per heavy atom. The molecule has 1 aromatic heterocycles. The predicted molar refractivity (Wildman–Crippen MR) is 151 cm³/mol. The molecule has 5 nitrogen and oxygen atoms in total. The summed E-state index contributed by atoms with van der Waals surface area (Å²) in [4.78, 5) is 17.6. The number of hydrogen-bond acceptors (Lipinski definition) is 5. The number of nitrogens with zero attached hydrogens (tertiary/aromatic N) is 2. The molecule has 1 N–H and O–H groups in total. The summed E-state index contributed by atoms with van der Waals surface area (Å²) < 4.78 is 5.35. The zero-order valence-electron chi connectivity index (χ0n) is 20.8. The highest BCUT2D eigenvalue weighted by atomic mass is 35.5. The Bertz CT molecular complexity index is 1470. The lowest BCUT2D eigenvalue weighted by atomic mass is 9.98. The van der Waals surface area contributed by atoms with Crippen molar-refractivity contribution in [3.63, 3.8) is 0 Å². The normalized spacial score (nSPS) is 10.6. The van der Waals surface area contributed by atoms with E-state index in [1.165, 1.54) is 18.9 Å². The van der Waals surface area contributed by atoms with E-state index in [1.807, 2.05) is 74.5 Å². The average molecular weight is 528 g/mol. The number of carbonyl (C=O) groups excluding carboxylic acids is 1. The molecule has 1 heterocycles. The summed E-state index contributed by atoms with van der Waals surface area (Å²) >= 11 is 7.57. The maximum absolute atomic E-state index is 12.7. The number of ether oxygens (including phenoxy) is 1. The summed E-state index contributed by atoms with van der Waals surface area (Å²) in [6.45, 7) is 3.90. The zero-order valence-corrected chi connectivity index (χ0v) is 22.4. The van der Waals surface area contributed by atoms with Crippen LogP contribution in [0.25, 0.3) is 22.4 Å². The molecule has 0 atom stereocenters. The first-order valence-electron chi connectivity index (χ1n) is 11.7. The van der Waals surface area contributed by atoms with E-state index in [9.17, 15) is 10.1 Å². The van der Waals surface area contributed by atoms with Gasteiger partial charge in [0.25, 0.3) is 0 Å². The minimum absolute atomic E-state index is 0.163. The lowest BCUT2D eigenvalue weighted by Crippen LogP contribution is -2.13. The van der Waals surface area contributed by atoms with Crippen LogP contribution < -0.4 is 10.1 Å². The standard InChI is InChI=1S/C30H26ClN3O2S/c1-19-9-11-21(12-10-19)23-16-26(22-7-5-4-6-8-22)34-30(24(23)18-32)37-14-13-29(35)33-27-15-20(2)25(31)17-28(27)36-3/h4-12,15-17H,13-14H2,1-3H3,(H,33,35). The van der Waals surface area contributed by atoms with E-state index >= 15 is 0 Å². The minimum Gasteiger partial charge on any atom is -0.495 e. The molecule has 0 spiro atoms. The van der Waals surface area contributed by atoms with Crippen molar-refractivity contribution in [1.29, 1.82) is 5.26 Å². The maximum atomic E-state index is 12.7. The van der Waals surface area contributed by atoms with Gasteiger partial charge in [0, 0.05) is 34.4 Å². The molecule has 0 saturated heterocycles. The molecule has 0 radical (unpaired) electrons. The van der Waals surface area contributed by atoms with Gasteiger partial charge >= 0.3 is 0 Å². The smallest absolute Gasteiger partial charge is 0.225 e. The summed E-state index contributed by atoms with van der Waals surface area (Å²) in [7, 11) is 1.53. The van der Waals surface area contributed by atoms with Gasteiger partial charge in [-0.2, -0.15) is 5.26 Å². The molecular formula is C30H26ClN3O2S. The Kier molecular flexibility index (Phi) is 8.50. The number of pyridine rings is 1. The number of anilines is 1. The van der Waals surface area contributed by atoms with E-state index < -0.39 is 0 Å². The number of nitrogens with one attached hydrogen (secondary N) is 1. The highest BCUT2D eigenvalue weighted by Gasteiger charge is 2.17. The van der Waals surface area contributed by atoms with Gasteiger partial charge < -0.3 is 10.1 Å². The Hall–Kier alpha value is -3.79. The Balaban J connectivity index is 1.59. The van der Waals surface area contributed by atoms with E-state index in [-0.39, 0.29) is 12.3 Å². The monoisotopic (exact) mass is 527 g/mol. The van der Waals surface area contributed by atoms with Gasteiger partial charge in [-0.1, -0.05) is 71.8 Å². The fourth-order valence-electron chi connectivity index (χ4n) is 3.83. The summed E-state index contributed by atoms with van der Waals surface area (Å²) in [5.74, 6) is 0.792. The van der Waals surface area contributed by atoms with Crippen LogP contribution in [0, 0.1) is 25.2 Å². The number of methoxy groups -OCH3 is 1. The first-order chi connectivity index (χ1) is 17.9. The second kappa shape index (κ2) is 12.0. The van der Waals surface area contributed by atoms with Crippen LogP contribution in [-0.4, -0.2) is 23.8 Å². The van der Waals surface area contributed by atoms with Crippen LogP contribution in [0.3, 0.4) is 0 Å². The Morgan fingerprint density at radius 3 is 2.46 bits per heavy atom. The number of aromatic nitrogens is 1. The van der Waals surface area contributed by atoms with Crippen molar-refractivity contribution in [1.82, 2.24) is 4.98 Å². The third-order valence-corrected chi connectivity index (χ3v) is 7.24. The fraction of sp³-hybridized carbons (Fsp3) is 0.167. The largest absolute Gasteiger partial charge is 0.495 e. The molecule has 0 unspecified atom stereocenters. The van der Waals surface area contributed by atoms with Crippen LogP contribution >= 0.6 is 23.4 Å². The fourth-order valence-corrected chi connectivity index (χ4v) is 4.93. The number of hydrogen-bond donors (Lipinski definition) is 1. The van der Waals surface area contributed by atoms with Crippen molar-refractivity contribution in [2.45, 2.75) is 25.3 Å². The maximum Gasteiger partial charge on any atom is 0.225 e. The van der Waals surface area contributed by atoms with Crippen LogP contribution in [0.15, 0.2) is 77.8 Å². The number of rotatable bonds is 8. The molecule has 0 fully saturated rings. The molecule has 0 aliphatic rings. The second-order valence-electron chi connectivity index (χ2n) is 8.53. The number of benzene rings is 3. The second-order valence-corrected chi connectivity index (χ2v) is 10.0. The molecular weight excluding hydrogens is 502 g/mol. The van der Waals surface area contributed by atoms with Gasteiger partial charge in [-0.3, -0.25) is 4.79 Å². The molecule has 1 amide bonds. The lowest BCUT2D eigenvalue weighted by molar-refractivity contribution is -0.115. The molecule has 186 valence electrons. The van der Waals surface area contributed by atoms with Crippen LogP contribution in [0.1, 0.15) is 23.1 Å². The van der Waals surface area contributed by atoms with Gasteiger partial charge in [0.15, 0.2) is 0 Å². The number of carbonyl (C=O) groups is 1. The molecule has 4 rings (SSSR count). The van der Waals surface area contributed by atoms with Gasteiger partial charge in [0.1, 0.15) is 16.8 Å². The summed E-state index contributed by atoms with van der Waals surface area (Å²) in [5, 5.41) is 14.2. The van der Waals surface area contributed by atoms with Crippen molar-refractivity contribution < 1.29 is 9.53 Å². The van der Waals surface area contributed by atoms with Gasteiger partial charge in [-0.05, 0) is 37.1 Å². The predicted octanol–water partition coefficient (Wildman–Crippen LogP) is 7.69. The van der Waals surface area contributed by atoms with Gasteiger partial charge in [0.2, 0.25) is 5.91 Å². The van der Waals surface area contributed by atoms with E-state index in [1.54, 1.807) is 12.1 Å². The van der Waals surface area contributed by atoms with Gasteiger partial charge in [0.05, 0.1) is 24.1 Å². The first kappa shape index (κ1) is 26.3. The highest BCUT2D eigenvalue weighted by molar-refractivity contribution is 7.99. The van der Waals surface area contributed by atoms with Gasteiger partial charge in [-0.25, -0.2) is 4.98 Å². The van der Waals surface area contributed by atoms with E-state index in [0.717, 1.165) is 33.5 Å². The molecule has 37 heavy (non-hydrogen) atoms. The molecule has 0 aliphatic carbocycles. The van der Waals surface area contributed by atoms with Crippen molar-refractivity contribution >= 4 is 35.0 Å². The van der Waals surface area contributed by atoms with Crippen LogP contribution in [0.4, 0.5) is 5.69 Å². The lowest BCUT2D eigenvalue weighted by Gasteiger charge is -2.14. The molecule has 0 saturated carbocycles.